The summed E-state index contributed by atoms with van der Waals surface area (Å²) in [6.45, 7) is 0.432. The second-order valence-electron chi connectivity index (χ2n) is 5.48. The van der Waals surface area contributed by atoms with Gasteiger partial charge in [-0.25, -0.2) is 4.79 Å². The van der Waals surface area contributed by atoms with Crippen molar-refractivity contribution in [1.29, 1.82) is 0 Å². The van der Waals surface area contributed by atoms with Gasteiger partial charge in [0.1, 0.15) is 11.5 Å². The van der Waals surface area contributed by atoms with Gasteiger partial charge < -0.3 is 9.15 Å². The number of rotatable bonds is 4. The van der Waals surface area contributed by atoms with Crippen LogP contribution in [0.5, 0.6) is 11.5 Å². The van der Waals surface area contributed by atoms with Gasteiger partial charge in [0, 0.05) is 0 Å². The van der Waals surface area contributed by atoms with Crippen LogP contribution in [0.2, 0.25) is 0 Å². The van der Waals surface area contributed by atoms with Crippen LogP contribution < -0.4 is 10.5 Å². The van der Waals surface area contributed by atoms with Crippen LogP contribution in [0.15, 0.2) is 88.1 Å². The van der Waals surface area contributed by atoms with E-state index in [1.807, 2.05) is 72.8 Å². The first kappa shape index (κ1) is 14.3. The number of nitrogens with zero attached hydrogens (tertiary/aromatic N) is 1. The molecule has 0 saturated carbocycles. The van der Waals surface area contributed by atoms with Crippen LogP contribution in [0.3, 0.4) is 0 Å². The molecule has 0 N–H and O–H groups in total. The molecule has 0 amide bonds. The molecule has 0 radical (unpaired) electrons. The minimum absolute atomic E-state index is 0.356. The Bertz CT molecular complexity index is 1030. The maximum absolute atomic E-state index is 12.1. The molecule has 0 aliphatic rings. The summed E-state index contributed by atoms with van der Waals surface area (Å²) in [4.78, 5) is 12.1. The van der Waals surface area contributed by atoms with Crippen molar-refractivity contribution in [2.75, 3.05) is 0 Å². The molecule has 4 heteroatoms. The van der Waals surface area contributed by atoms with E-state index in [9.17, 15) is 4.79 Å². The lowest BCUT2D eigenvalue weighted by atomic mass is 10.2. The Morgan fingerprint density at radius 2 is 1.58 bits per heavy atom. The summed E-state index contributed by atoms with van der Waals surface area (Å²) < 4.78 is 12.7. The minimum atomic E-state index is -0.356. The third kappa shape index (κ3) is 2.82. The number of aromatic nitrogens is 1. The van der Waals surface area contributed by atoms with Crippen molar-refractivity contribution >= 4 is 11.1 Å². The summed E-state index contributed by atoms with van der Waals surface area (Å²) in [6, 6.07) is 24.7. The molecule has 0 fully saturated rings. The Labute approximate surface area is 138 Å². The minimum Gasteiger partial charge on any atom is -0.457 e. The molecule has 0 aliphatic heterocycles. The van der Waals surface area contributed by atoms with Crippen molar-refractivity contribution in [2.24, 2.45) is 0 Å². The van der Waals surface area contributed by atoms with Crippen LogP contribution in [0.25, 0.3) is 11.1 Å². The molecule has 1 aromatic heterocycles. The Kier molecular flexibility index (Phi) is 3.63. The first-order valence-electron chi connectivity index (χ1n) is 7.70. The Balaban J connectivity index is 1.64. The zero-order valence-corrected chi connectivity index (χ0v) is 12.9. The molecule has 4 aromatic rings. The average molecular weight is 317 g/mol. The summed E-state index contributed by atoms with van der Waals surface area (Å²) >= 11 is 0. The van der Waals surface area contributed by atoms with Crippen LogP contribution in [0.4, 0.5) is 0 Å². The van der Waals surface area contributed by atoms with Gasteiger partial charge in [-0.3, -0.25) is 4.57 Å². The molecular formula is C20H15NO3. The van der Waals surface area contributed by atoms with Crippen molar-refractivity contribution in [3.63, 3.8) is 0 Å². The van der Waals surface area contributed by atoms with E-state index in [0.717, 1.165) is 22.6 Å². The largest absolute Gasteiger partial charge is 0.457 e. The number of para-hydroxylation sites is 3. The molecule has 24 heavy (non-hydrogen) atoms. The maximum atomic E-state index is 12.1. The second-order valence-corrected chi connectivity index (χ2v) is 5.48. The van der Waals surface area contributed by atoms with Crippen LogP contribution in [-0.4, -0.2) is 4.57 Å². The molecule has 4 nitrogen and oxygen atoms in total. The summed E-state index contributed by atoms with van der Waals surface area (Å²) in [5.41, 5.74) is 2.35. The van der Waals surface area contributed by atoms with Gasteiger partial charge >= 0.3 is 5.76 Å². The van der Waals surface area contributed by atoms with E-state index >= 15 is 0 Å². The first-order chi connectivity index (χ1) is 11.8. The van der Waals surface area contributed by atoms with Gasteiger partial charge in [-0.1, -0.05) is 42.5 Å². The fourth-order valence-corrected chi connectivity index (χ4v) is 2.68. The number of hydrogen-bond acceptors (Lipinski definition) is 3. The third-order valence-corrected chi connectivity index (χ3v) is 3.79. The maximum Gasteiger partial charge on any atom is 0.420 e. The zero-order valence-electron chi connectivity index (χ0n) is 12.9. The molecule has 3 aromatic carbocycles. The van der Waals surface area contributed by atoms with Gasteiger partial charge in [0.2, 0.25) is 0 Å². The van der Waals surface area contributed by atoms with Crippen LogP contribution in [0, 0.1) is 0 Å². The molecule has 4 rings (SSSR count). The van der Waals surface area contributed by atoms with E-state index in [-0.39, 0.29) is 5.76 Å². The van der Waals surface area contributed by atoms with Gasteiger partial charge in [-0.2, -0.15) is 0 Å². The molecule has 0 aliphatic carbocycles. The number of fused-ring (bicyclic) bond motifs is 1. The number of hydrogen-bond donors (Lipinski definition) is 0. The van der Waals surface area contributed by atoms with Crippen LogP contribution >= 0.6 is 0 Å². The highest BCUT2D eigenvalue weighted by Gasteiger charge is 2.09. The predicted octanol–water partition coefficient (Wildman–Crippen LogP) is 4.44. The lowest BCUT2D eigenvalue weighted by molar-refractivity contribution is 0.481. The van der Waals surface area contributed by atoms with Crippen molar-refractivity contribution in [1.82, 2.24) is 4.57 Å². The van der Waals surface area contributed by atoms with Gasteiger partial charge in [-0.05, 0) is 42.0 Å². The average Bonchev–Trinajstić information content (AvgIpc) is 2.92. The number of oxazole rings is 1. The molecule has 0 bridgehead atoms. The topological polar surface area (TPSA) is 44.4 Å². The van der Waals surface area contributed by atoms with Crippen LogP contribution in [0.1, 0.15) is 5.56 Å². The second kappa shape index (κ2) is 6.08. The Morgan fingerprint density at radius 3 is 2.46 bits per heavy atom. The van der Waals surface area contributed by atoms with E-state index in [4.69, 9.17) is 9.15 Å². The van der Waals surface area contributed by atoms with Gasteiger partial charge in [-0.15, -0.1) is 0 Å². The fourth-order valence-electron chi connectivity index (χ4n) is 2.68. The molecule has 0 saturated heterocycles. The first-order valence-corrected chi connectivity index (χ1v) is 7.70. The quantitative estimate of drug-likeness (QED) is 0.559. The highest BCUT2D eigenvalue weighted by atomic mass is 16.5. The third-order valence-electron chi connectivity index (χ3n) is 3.79. The number of ether oxygens (including phenoxy) is 1. The molecule has 0 unspecified atom stereocenters. The van der Waals surface area contributed by atoms with E-state index in [1.165, 1.54) is 0 Å². The molecule has 118 valence electrons. The fraction of sp³-hybridized carbons (Fsp3) is 0.0500. The Morgan fingerprint density at radius 1 is 0.833 bits per heavy atom. The van der Waals surface area contributed by atoms with E-state index in [0.29, 0.717) is 12.1 Å². The normalized spacial score (nSPS) is 10.8. The highest BCUT2D eigenvalue weighted by Crippen LogP contribution is 2.22. The van der Waals surface area contributed by atoms with Gasteiger partial charge in [0.15, 0.2) is 5.58 Å². The van der Waals surface area contributed by atoms with E-state index in [2.05, 4.69) is 0 Å². The summed E-state index contributed by atoms with van der Waals surface area (Å²) in [5, 5.41) is 0. The van der Waals surface area contributed by atoms with Crippen molar-refractivity contribution < 1.29 is 9.15 Å². The lowest BCUT2D eigenvalue weighted by Crippen LogP contribution is -2.14. The SMILES string of the molecule is O=c1oc2ccccc2n1Cc1cccc(Oc2ccccc2)c1. The Hall–Kier alpha value is -3.27. The molecule has 0 atom stereocenters. The summed E-state index contributed by atoms with van der Waals surface area (Å²) in [7, 11) is 0. The van der Waals surface area contributed by atoms with Crippen molar-refractivity contribution in [3.8, 4) is 11.5 Å². The summed E-state index contributed by atoms with van der Waals surface area (Å²) in [6.07, 6.45) is 0. The van der Waals surface area contributed by atoms with Gasteiger partial charge in [0.05, 0.1) is 12.1 Å². The lowest BCUT2D eigenvalue weighted by Gasteiger charge is -2.08. The summed E-state index contributed by atoms with van der Waals surface area (Å²) in [5.74, 6) is 1.16. The predicted molar refractivity (Wildman–Crippen MR) is 92.5 cm³/mol. The standard InChI is InChI=1S/C20H15NO3/c22-20-21(18-11-4-5-12-19(18)24-20)14-15-7-6-10-17(13-15)23-16-8-2-1-3-9-16/h1-13H,14H2. The molecule has 1 heterocycles. The highest BCUT2D eigenvalue weighted by molar-refractivity contribution is 5.72. The van der Waals surface area contributed by atoms with Crippen LogP contribution in [-0.2, 0) is 6.54 Å². The number of benzene rings is 3. The molecule has 0 spiro atoms. The van der Waals surface area contributed by atoms with Crippen molar-refractivity contribution in [3.05, 3.63) is 95.0 Å². The monoisotopic (exact) mass is 317 g/mol. The smallest absolute Gasteiger partial charge is 0.420 e. The zero-order chi connectivity index (χ0) is 16.4. The van der Waals surface area contributed by atoms with E-state index in [1.54, 1.807) is 10.6 Å². The molecular weight excluding hydrogens is 302 g/mol. The van der Waals surface area contributed by atoms with Crippen molar-refractivity contribution in [2.45, 2.75) is 6.54 Å². The van der Waals surface area contributed by atoms with Gasteiger partial charge in [0.25, 0.3) is 0 Å². The van der Waals surface area contributed by atoms with E-state index < -0.39 is 0 Å².